The van der Waals surface area contributed by atoms with Crippen molar-refractivity contribution in [1.82, 2.24) is 29.8 Å². The quantitative estimate of drug-likeness (QED) is 0.0866. The molecule has 0 radical (unpaired) electrons. The Hall–Kier alpha value is -4.26. The number of methoxy groups -OCH3 is 1. The summed E-state index contributed by atoms with van der Waals surface area (Å²) in [5, 5.41) is 16.3. The molecule has 0 aliphatic heterocycles. The minimum absolute atomic E-state index is 0.00831. The normalized spacial score (nSPS) is 11.1. The van der Waals surface area contributed by atoms with E-state index in [-0.39, 0.29) is 12.3 Å². The number of aromatic nitrogens is 5. The number of ether oxygens (including phenoxy) is 1. The molecule has 0 saturated carbocycles. The molecule has 18 heteroatoms. The summed E-state index contributed by atoms with van der Waals surface area (Å²) < 4.78 is 41.6. The molecular weight excluding hydrogens is 720 g/mol. The van der Waals surface area contributed by atoms with Crippen molar-refractivity contribution in [2.24, 2.45) is 5.73 Å². The van der Waals surface area contributed by atoms with Crippen LogP contribution in [0.15, 0.2) is 36.1 Å². The molecule has 4 heterocycles. The predicted molar refractivity (Wildman–Crippen MR) is 201 cm³/mol. The molecule has 4 aromatic rings. The standard InChI is InChI=1S/C23H31N5O3S2.C8H10F3N3.C2H6.CH3NO/c1-5-7-8-11-28(6-2)22(30)16-9-10-19(24-12-16)27-23-26-18(14-32-23)20-17(13-31-4)25-21(33-20)15(3)29;1-3-14(2)7-12-4-6(5-13-7)8(9,10)11;1-2;2-1-3/h9-10,12,14-15,29H,5-8,11,13H2,1-4H3,(H,24,26,27);4-5H,3H2,1-2H3;1-2H3;1H,(H2,2,3). The highest BCUT2D eigenvalue weighted by molar-refractivity contribution is 7.17. The molecular formula is C34H50F3N9O4S2. The van der Waals surface area contributed by atoms with Crippen LogP contribution >= 0.6 is 22.7 Å². The monoisotopic (exact) mass is 769 g/mol. The van der Waals surface area contributed by atoms with E-state index in [1.807, 2.05) is 38.0 Å². The van der Waals surface area contributed by atoms with Crippen LogP contribution in [0.1, 0.15) is 93.5 Å². The van der Waals surface area contributed by atoms with E-state index in [4.69, 9.17) is 9.53 Å². The van der Waals surface area contributed by atoms with Gasteiger partial charge in [0, 0.05) is 57.8 Å². The summed E-state index contributed by atoms with van der Waals surface area (Å²) >= 11 is 2.87. The van der Waals surface area contributed by atoms with Gasteiger partial charge in [0.15, 0.2) is 5.13 Å². The lowest BCUT2D eigenvalue weighted by atomic mass is 10.2. The van der Waals surface area contributed by atoms with Gasteiger partial charge in [0.2, 0.25) is 12.4 Å². The SMILES string of the molecule is CC.CCCCCN(CC)C(=O)c1ccc(Nc2nc(-c3sc(C(C)O)nc3COC)cs2)nc1.CCN(C)c1ncc(C(F)(F)F)cn1.NC=O. The van der Waals surface area contributed by atoms with Gasteiger partial charge in [0.25, 0.3) is 5.91 Å². The van der Waals surface area contributed by atoms with Crippen LogP contribution in [-0.4, -0.2) is 81.0 Å². The van der Waals surface area contributed by atoms with E-state index in [1.165, 1.54) is 22.7 Å². The molecule has 0 fully saturated rings. The zero-order valence-corrected chi connectivity index (χ0v) is 32.5. The largest absolute Gasteiger partial charge is 0.419 e. The number of nitrogens with two attached hydrogens (primary N) is 1. The number of primary amides is 1. The van der Waals surface area contributed by atoms with Crippen molar-refractivity contribution in [2.45, 2.75) is 79.7 Å². The number of unbranched alkanes of at least 4 members (excludes halogenated alkanes) is 2. The maximum atomic E-state index is 12.8. The Kier molecular flexibility index (Phi) is 21.2. The molecule has 4 aromatic heterocycles. The molecule has 0 saturated heterocycles. The molecule has 4 rings (SSSR count). The lowest BCUT2D eigenvalue weighted by Gasteiger charge is -2.20. The number of aliphatic hydroxyl groups is 1. The summed E-state index contributed by atoms with van der Waals surface area (Å²) in [6.45, 7) is 14.2. The number of nitrogens with one attached hydrogen (secondary N) is 1. The first-order chi connectivity index (χ1) is 24.8. The Balaban J connectivity index is 0.000000591. The van der Waals surface area contributed by atoms with Crippen molar-refractivity contribution in [2.75, 3.05) is 44.0 Å². The molecule has 2 amide bonds. The number of pyridine rings is 1. The third-order valence-corrected chi connectivity index (χ3v) is 8.86. The average Bonchev–Trinajstić information content (AvgIpc) is 3.78. The maximum Gasteiger partial charge on any atom is 0.419 e. The van der Waals surface area contributed by atoms with Crippen LogP contribution in [0.2, 0.25) is 0 Å². The van der Waals surface area contributed by atoms with Crippen LogP contribution in [0.25, 0.3) is 10.6 Å². The van der Waals surface area contributed by atoms with E-state index in [0.717, 1.165) is 54.5 Å². The summed E-state index contributed by atoms with van der Waals surface area (Å²) in [4.78, 5) is 46.5. The number of carbonyl (C=O) groups excluding carboxylic acids is 2. The van der Waals surface area contributed by atoms with Gasteiger partial charge >= 0.3 is 6.18 Å². The highest BCUT2D eigenvalue weighted by atomic mass is 32.1. The topological polar surface area (TPSA) is 173 Å². The van der Waals surface area contributed by atoms with Crippen molar-refractivity contribution < 1.29 is 32.6 Å². The summed E-state index contributed by atoms with van der Waals surface area (Å²) in [6.07, 6.45) is 1.68. The zero-order valence-electron chi connectivity index (χ0n) is 30.9. The summed E-state index contributed by atoms with van der Waals surface area (Å²) in [5.41, 5.74) is 5.45. The second-order valence-corrected chi connectivity index (χ2v) is 12.4. The first-order valence-corrected chi connectivity index (χ1v) is 18.4. The van der Waals surface area contributed by atoms with E-state index < -0.39 is 17.8 Å². The minimum Gasteiger partial charge on any atom is -0.386 e. The van der Waals surface area contributed by atoms with Crippen molar-refractivity contribution in [3.05, 3.63) is 57.9 Å². The van der Waals surface area contributed by atoms with Gasteiger partial charge in [-0.05, 0) is 39.3 Å². The Labute approximate surface area is 311 Å². The Morgan fingerprint density at radius 1 is 1.08 bits per heavy atom. The zero-order chi connectivity index (χ0) is 39.3. The van der Waals surface area contributed by atoms with Crippen molar-refractivity contribution >= 4 is 51.9 Å². The van der Waals surface area contributed by atoms with Crippen LogP contribution in [0.4, 0.5) is 30.1 Å². The fourth-order valence-electron chi connectivity index (χ4n) is 4.07. The van der Waals surface area contributed by atoms with E-state index in [9.17, 15) is 23.1 Å². The van der Waals surface area contributed by atoms with E-state index in [0.29, 0.717) is 47.2 Å². The molecule has 1 atom stereocenters. The first kappa shape index (κ1) is 45.8. The van der Waals surface area contributed by atoms with Crippen molar-refractivity contribution in [3.8, 4) is 10.6 Å². The van der Waals surface area contributed by atoms with Gasteiger partial charge in [-0.2, -0.15) is 13.2 Å². The fourth-order valence-corrected chi connectivity index (χ4v) is 5.82. The molecule has 0 bridgehead atoms. The number of anilines is 3. The van der Waals surface area contributed by atoms with Gasteiger partial charge in [0.05, 0.1) is 34.0 Å². The van der Waals surface area contributed by atoms with Crippen LogP contribution in [0.3, 0.4) is 0 Å². The third kappa shape index (κ3) is 14.8. The lowest BCUT2D eigenvalue weighted by molar-refractivity contribution is -0.138. The molecule has 0 spiro atoms. The molecule has 1 unspecified atom stereocenters. The molecule has 288 valence electrons. The highest BCUT2D eigenvalue weighted by Gasteiger charge is 2.31. The minimum atomic E-state index is -4.37. The van der Waals surface area contributed by atoms with Gasteiger partial charge in [-0.25, -0.2) is 24.9 Å². The third-order valence-electron chi connectivity index (χ3n) is 6.82. The van der Waals surface area contributed by atoms with Crippen LogP contribution in [0.5, 0.6) is 0 Å². The number of thiazole rings is 2. The van der Waals surface area contributed by atoms with Crippen LogP contribution in [0, 0.1) is 0 Å². The second kappa shape index (κ2) is 24.1. The van der Waals surface area contributed by atoms with Crippen molar-refractivity contribution in [3.63, 3.8) is 0 Å². The number of rotatable bonds is 14. The maximum absolute atomic E-state index is 12.8. The molecule has 13 nitrogen and oxygen atoms in total. The number of aliphatic hydroxyl groups excluding tert-OH is 1. The molecule has 0 aliphatic carbocycles. The van der Waals surface area contributed by atoms with Gasteiger partial charge in [-0.1, -0.05) is 33.6 Å². The summed E-state index contributed by atoms with van der Waals surface area (Å²) in [6, 6.07) is 3.59. The number of alkyl halides is 3. The number of halogens is 3. The number of hydrogen-bond donors (Lipinski definition) is 3. The van der Waals surface area contributed by atoms with Gasteiger partial charge in [0.1, 0.15) is 16.9 Å². The summed E-state index contributed by atoms with van der Waals surface area (Å²) in [7, 11) is 3.33. The molecule has 52 heavy (non-hydrogen) atoms. The Morgan fingerprint density at radius 2 is 1.73 bits per heavy atom. The number of nitrogens with zero attached hydrogens (tertiary/aromatic N) is 7. The summed E-state index contributed by atoms with van der Waals surface area (Å²) in [5.74, 6) is 0.919. The number of carbonyl (C=O) groups is 2. The lowest BCUT2D eigenvalue weighted by Crippen LogP contribution is -2.31. The van der Waals surface area contributed by atoms with E-state index in [1.54, 1.807) is 44.3 Å². The Morgan fingerprint density at radius 3 is 2.23 bits per heavy atom. The average molecular weight is 770 g/mol. The van der Waals surface area contributed by atoms with Crippen LogP contribution in [-0.2, 0) is 22.3 Å². The predicted octanol–water partition coefficient (Wildman–Crippen LogP) is 7.34. The van der Waals surface area contributed by atoms with Gasteiger partial charge in [-0.3, -0.25) is 9.59 Å². The van der Waals surface area contributed by atoms with Crippen LogP contribution < -0.4 is 16.0 Å². The molecule has 0 aromatic carbocycles. The molecule has 0 aliphatic rings. The Bertz CT molecular complexity index is 1590. The van der Waals surface area contributed by atoms with Gasteiger partial charge in [-0.15, -0.1) is 22.7 Å². The number of hydrogen-bond acceptors (Lipinski definition) is 13. The van der Waals surface area contributed by atoms with E-state index in [2.05, 4.69) is 42.9 Å². The van der Waals surface area contributed by atoms with E-state index >= 15 is 0 Å². The fraction of sp³-hybridized carbons (Fsp3) is 0.500. The van der Waals surface area contributed by atoms with Gasteiger partial charge < -0.3 is 30.7 Å². The number of amides is 2. The highest BCUT2D eigenvalue weighted by Crippen LogP contribution is 2.35. The molecule has 4 N–H and O–H groups in total. The van der Waals surface area contributed by atoms with Crippen molar-refractivity contribution in [1.29, 1.82) is 0 Å². The first-order valence-electron chi connectivity index (χ1n) is 16.7. The smallest absolute Gasteiger partial charge is 0.386 e. The second-order valence-electron chi connectivity index (χ2n) is 10.5.